The number of amides is 1. The molecule has 2 aliphatic rings. The van der Waals surface area contributed by atoms with Gasteiger partial charge in [0.1, 0.15) is 0 Å². The van der Waals surface area contributed by atoms with Gasteiger partial charge in [-0.2, -0.15) is 4.31 Å². The molecule has 1 aromatic rings. The van der Waals surface area contributed by atoms with Crippen molar-refractivity contribution >= 4 is 15.9 Å². The first-order valence-corrected chi connectivity index (χ1v) is 10.4. The van der Waals surface area contributed by atoms with Crippen LogP contribution in [-0.2, 0) is 19.6 Å². The summed E-state index contributed by atoms with van der Waals surface area (Å²) in [5, 5.41) is 2.93. The van der Waals surface area contributed by atoms with Crippen LogP contribution in [0, 0.1) is 12.8 Å². The lowest BCUT2D eigenvalue weighted by Crippen LogP contribution is -2.46. The van der Waals surface area contributed by atoms with Crippen molar-refractivity contribution in [2.24, 2.45) is 5.92 Å². The first-order valence-electron chi connectivity index (χ1n) is 8.93. The van der Waals surface area contributed by atoms with Crippen LogP contribution >= 0.6 is 0 Å². The van der Waals surface area contributed by atoms with Gasteiger partial charge in [-0.3, -0.25) is 4.79 Å². The van der Waals surface area contributed by atoms with Crippen LogP contribution in [0.15, 0.2) is 29.2 Å². The van der Waals surface area contributed by atoms with Gasteiger partial charge in [0, 0.05) is 26.2 Å². The normalized spacial score (nSPS) is 25.0. The van der Waals surface area contributed by atoms with Crippen LogP contribution < -0.4 is 5.32 Å². The van der Waals surface area contributed by atoms with E-state index < -0.39 is 10.0 Å². The van der Waals surface area contributed by atoms with E-state index in [9.17, 15) is 13.2 Å². The lowest BCUT2D eigenvalue weighted by molar-refractivity contribution is -0.126. The molecule has 2 atom stereocenters. The number of nitrogens with one attached hydrogen (secondary N) is 1. The van der Waals surface area contributed by atoms with Crippen molar-refractivity contribution in [1.29, 1.82) is 0 Å². The molecule has 0 radical (unpaired) electrons. The number of benzene rings is 1. The van der Waals surface area contributed by atoms with Gasteiger partial charge >= 0.3 is 0 Å². The Kier molecular flexibility index (Phi) is 5.76. The minimum Gasteiger partial charge on any atom is -0.376 e. The molecule has 2 aliphatic heterocycles. The average molecular weight is 366 g/mol. The van der Waals surface area contributed by atoms with Crippen molar-refractivity contribution < 1.29 is 17.9 Å². The highest BCUT2D eigenvalue weighted by atomic mass is 32.2. The maximum atomic E-state index is 12.8. The second-order valence-corrected chi connectivity index (χ2v) is 8.83. The number of hydrogen-bond acceptors (Lipinski definition) is 4. The topological polar surface area (TPSA) is 75.7 Å². The molecular formula is C18H26N2O4S. The molecule has 2 heterocycles. The van der Waals surface area contributed by atoms with Gasteiger partial charge < -0.3 is 10.1 Å². The Morgan fingerprint density at radius 1 is 1.24 bits per heavy atom. The largest absolute Gasteiger partial charge is 0.376 e. The highest BCUT2D eigenvalue weighted by Gasteiger charge is 2.33. The van der Waals surface area contributed by atoms with Crippen LogP contribution in [0.2, 0.25) is 0 Å². The number of carbonyl (C=O) groups excluding carboxylic acids is 1. The summed E-state index contributed by atoms with van der Waals surface area (Å²) in [5.41, 5.74) is 1.02. The zero-order valence-corrected chi connectivity index (χ0v) is 15.4. The number of sulfonamides is 1. The van der Waals surface area contributed by atoms with Crippen molar-refractivity contribution in [3.8, 4) is 0 Å². The number of rotatable bonds is 5. The number of hydrogen-bond donors (Lipinski definition) is 1. The van der Waals surface area contributed by atoms with Crippen LogP contribution in [0.25, 0.3) is 0 Å². The third-order valence-corrected chi connectivity index (χ3v) is 6.82. The summed E-state index contributed by atoms with van der Waals surface area (Å²) in [4.78, 5) is 12.7. The molecule has 0 aromatic heterocycles. The molecule has 6 nitrogen and oxygen atoms in total. The molecule has 0 spiro atoms. The third kappa shape index (κ3) is 4.40. The quantitative estimate of drug-likeness (QED) is 0.860. The zero-order chi connectivity index (χ0) is 17.9. The van der Waals surface area contributed by atoms with Gasteiger partial charge in [0.2, 0.25) is 15.9 Å². The monoisotopic (exact) mass is 366 g/mol. The van der Waals surface area contributed by atoms with E-state index in [4.69, 9.17) is 4.74 Å². The van der Waals surface area contributed by atoms with Crippen LogP contribution in [0.1, 0.15) is 31.2 Å². The maximum absolute atomic E-state index is 12.8. The number of carbonyl (C=O) groups is 1. The van der Waals surface area contributed by atoms with Crippen LogP contribution in [0.4, 0.5) is 0 Å². The molecule has 1 aromatic carbocycles. The van der Waals surface area contributed by atoms with E-state index >= 15 is 0 Å². The second-order valence-electron chi connectivity index (χ2n) is 6.90. The molecule has 138 valence electrons. The van der Waals surface area contributed by atoms with Gasteiger partial charge in [-0.05, 0) is 44.7 Å². The standard InChI is InChI=1S/C18H26N2O4S/c1-14-6-8-17(9-7-14)25(22,23)20-10-2-4-15(13-20)18(21)19-12-16-5-3-11-24-16/h6-9,15-16H,2-5,10-13H2,1H3,(H,19,21)/t15-,16+/m0/s1. The van der Waals surface area contributed by atoms with Gasteiger partial charge in [-0.15, -0.1) is 0 Å². The molecule has 0 bridgehead atoms. The lowest BCUT2D eigenvalue weighted by atomic mass is 9.99. The summed E-state index contributed by atoms with van der Waals surface area (Å²) < 4.78 is 32.6. The Morgan fingerprint density at radius 2 is 2.00 bits per heavy atom. The average Bonchev–Trinajstić information content (AvgIpc) is 3.14. The van der Waals surface area contributed by atoms with Gasteiger partial charge in [0.15, 0.2) is 0 Å². The van der Waals surface area contributed by atoms with E-state index in [0.717, 1.165) is 31.4 Å². The first kappa shape index (κ1) is 18.4. The summed E-state index contributed by atoms with van der Waals surface area (Å²) in [6.07, 6.45) is 3.52. The smallest absolute Gasteiger partial charge is 0.243 e. The fourth-order valence-corrected chi connectivity index (χ4v) is 4.92. The van der Waals surface area contributed by atoms with Crippen molar-refractivity contribution in [2.75, 3.05) is 26.2 Å². The summed E-state index contributed by atoms with van der Waals surface area (Å²) in [5.74, 6) is -0.366. The van der Waals surface area contributed by atoms with E-state index in [1.807, 2.05) is 6.92 Å². The summed E-state index contributed by atoms with van der Waals surface area (Å²) in [6, 6.07) is 6.85. The Balaban J connectivity index is 1.61. The molecule has 0 unspecified atom stereocenters. The van der Waals surface area contributed by atoms with Crippen molar-refractivity contribution in [3.05, 3.63) is 29.8 Å². The van der Waals surface area contributed by atoms with Crippen molar-refractivity contribution in [3.63, 3.8) is 0 Å². The first-order chi connectivity index (χ1) is 12.0. The molecule has 2 saturated heterocycles. The highest BCUT2D eigenvalue weighted by Crippen LogP contribution is 2.24. The Morgan fingerprint density at radius 3 is 2.68 bits per heavy atom. The fraction of sp³-hybridized carbons (Fsp3) is 0.611. The van der Waals surface area contributed by atoms with Crippen molar-refractivity contribution in [1.82, 2.24) is 9.62 Å². The summed E-state index contributed by atoms with van der Waals surface area (Å²) in [7, 11) is -3.55. The van der Waals surface area contributed by atoms with E-state index in [1.54, 1.807) is 24.3 Å². The molecule has 7 heteroatoms. The van der Waals surface area contributed by atoms with Gasteiger partial charge in [0.05, 0.1) is 16.9 Å². The molecular weight excluding hydrogens is 340 g/mol. The molecule has 0 aliphatic carbocycles. The van der Waals surface area contributed by atoms with Gasteiger partial charge in [-0.1, -0.05) is 17.7 Å². The molecule has 0 saturated carbocycles. The molecule has 1 amide bonds. The summed E-state index contributed by atoms with van der Waals surface area (Å²) in [6.45, 7) is 3.90. The minimum absolute atomic E-state index is 0.0701. The second kappa shape index (κ2) is 7.85. The van der Waals surface area contributed by atoms with Gasteiger partial charge in [0.25, 0.3) is 0 Å². The third-order valence-electron chi connectivity index (χ3n) is 4.94. The summed E-state index contributed by atoms with van der Waals surface area (Å²) >= 11 is 0. The van der Waals surface area contributed by atoms with Gasteiger partial charge in [-0.25, -0.2) is 8.42 Å². The number of piperidine rings is 1. The van der Waals surface area contributed by atoms with E-state index in [0.29, 0.717) is 24.4 Å². The SMILES string of the molecule is Cc1ccc(S(=O)(=O)N2CCC[C@H](C(=O)NC[C@H]3CCCO3)C2)cc1. The minimum atomic E-state index is -3.55. The molecule has 25 heavy (non-hydrogen) atoms. The molecule has 1 N–H and O–H groups in total. The zero-order valence-electron chi connectivity index (χ0n) is 14.6. The fourth-order valence-electron chi connectivity index (χ4n) is 3.40. The van der Waals surface area contributed by atoms with E-state index in [2.05, 4.69) is 5.32 Å². The highest BCUT2D eigenvalue weighted by molar-refractivity contribution is 7.89. The van der Waals surface area contributed by atoms with Crippen LogP contribution in [0.3, 0.4) is 0 Å². The number of aryl methyl sites for hydroxylation is 1. The van der Waals surface area contributed by atoms with E-state index in [-0.39, 0.29) is 24.5 Å². The Hall–Kier alpha value is -1.44. The lowest BCUT2D eigenvalue weighted by Gasteiger charge is -2.31. The number of nitrogens with zero attached hydrogens (tertiary/aromatic N) is 1. The van der Waals surface area contributed by atoms with Crippen LogP contribution in [-0.4, -0.2) is 51.0 Å². The maximum Gasteiger partial charge on any atom is 0.243 e. The predicted molar refractivity (Wildman–Crippen MR) is 94.6 cm³/mol. The van der Waals surface area contributed by atoms with E-state index in [1.165, 1.54) is 4.31 Å². The Labute approximate surface area is 149 Å². The van der Waals surface area contributed by atoms with Crippen LogP contribution in [0.5, 0.6) is 0 Å². The predicted octanol–water partition coefficient (Wildman–Crippen LogP) is 1.69. The Bertz CT molecular complexity index is 696. The number of ether oxygens (including phenoxy) is 1. The molecule has 3 rings (SSSR count). The molecule has 2 fully saturated rings. The van der Waals surface area contributed by atoms with Crippen molar-refractivity contribution in [2.45, 2.75) is 43.6 Å².